The van der Waals surface area contributed by atoms with Crippen LogP contribution in [0, 0.1) is 0 Å². The fourth-order valence-electron chi connectivity index (χ4n) is 1.10. The maximum absolute atomic E-state index is 9.74. The van der Waals surface area contributed by atoms with Crippen LogP contribution in [0.1, 0.15) is 26.7 Å². The highest BCUT2D eigenvalue weighted by molar-refractivity contribution is 5.20. The Morgan fingerprint density at radius 1 is 1.44 bits per heavy atom. The Kier molecular flexibility index (Phi) is 8.58. The molecule has 0 saturated carbocycles. The Bertz CT molecular complexity index is 257. The molecule has 0 amide bonds. The maximum Gasteiger partial charge on any atom is 0.114 e. The lowest BCUT2D eigenvalue weighted by molar-refractivity contribution is 0.207. The van der Waals surface area contributed by atoms with Gasteiger partial charge in [-0.15, -0.1) is 0 Å². The number of hydrogen-bond donors (Lipinski definition) is 3. The molecule has 0 aromatic heterocycles. The summed E-state index contributed by atoms with van der Waals surface area (Å²) in [6.07, 6.45) is 6.34. The maximum atomic E-state index is 9.74. The second-order valence-corrected chi connectivity index (χ2v) is 3.78. The van der Waals surface area contributed by atoms with Gasteiger partial charge in [-0.25, -0.2) is 0 Å². The van der Waals surface area contributed by atoms with E-state index in [1.165, 1.54) is 12.2 Å². The highest BCUT2D eigenvalue weighted by Gasteiger charge is 2.04. The Hall–Kier alpha value is -1.06. The minimum absolute atomic E-state index is 0.102. The molecule has 92 valence electrons. The Balaban J connectivity index is 3.97. The molecule has 0 bridgehead atoms. The molecule has 0 saturated heterocycles. The van der Waals surface area contributed by atoms with Crippen LogP contribution in [0.4, 0.5) is 0 Å². The zero-order valence-corrected chi connectivity index (χ0v) is 10.2. The van der Waals surface area contributed by atoms with Crippen LogP contribution in [0.25, 0.3) is 0 Å². The summed E-state index contributed by atoms with van der Waals surface area (Å²) in [4.78, 5) is 0. The third kappa shape index (κ3) is 7.26. The van der Waals surface area contributed by atoms with Crippen molar-refractivity contribution < 1.29 is 10.2 Å². The molecule has 0 spiro atoms. The zero-order valence-electron chi connectivity index (χ0n) is 10.2. The summed E-state index contributed by atoms with van der Waals surface area (Å²) in [6, 6.07) is 0. The number of allylic oxidation sites excluding steroid dienone is 3. The van der Waals surface area contributed by atoms with Gasteiger partial charge in [0.05, 0.1) is 6.10 Å². The first-order valence-corrected chi connectivity index (χ1v) is 5.70. The van der Waals surface area contributed by atoms with E-state index in [1.807, 2.05) is 6.92 Å². The van der Waals surface area contributed by atoms with Crippen molar-refractivity contribution in [3.8, 4) is 0 Å². The molecular formula is C13H23NO2. The molecule has 0 aromatic carbocycles. The molecule has 0 rings (SSSR count). The fourth-order valence-corrected chi connectivity index (χ4v) is 1.10. The van der Waals surface area contributed by atoms with Crippen molar-refractivity contribution in [1.82, 2.24) is 5.32 Å². The summed E-state index contributed by atoms with van der Waals surface area (Å²) in [7, 11) is 0. The third-order valence-electron chi connectivity index (χ3n) is 2.30. The lowest BCUT2D eigenvalue weighted by Crippen LogP contribution is -2.28. The van der Waals surface area contributed by atoms with Crippen LogP contribution in [0.2, 0.25) is 0 Å². The van der Waals surface area contributed by atoms with E-state index in [2.05, 4.69) is 18.8 Å². The molecular weight excluding hydrogens is 202 g/mol. The quantitative estimate of drug-likeness (QED) is 0.337. The lowest BCUT2D eigenvalue weighted by Gasteiger charge is -2.11. The molecule has 1 atom stereocenters. The Morgan fingerprint density at radius 3 is 2.69 bits per heavy atom. The Morgan fingerprint density at radius 2 is 2.12 bits per heavy atom. The van der Waals surface area contributed by atoms with Crippen LogP contribution in [0.15, 0.2) is 36.1 Å². The van der Waals surface area contributed by atoms with Crippen molar-refractivity contribution in [3.63, 3.8) is 0 Å². The van der Waals surface area contributed by atoms with E-state index < -0.39 is 6.10 Å². The predicted octanol–water partition coefficient (Wildman–Crippen LogP) is 2.31. The zero-order chi connectivity index (χ0) is 12.4. The van der Waals surface area contributed by atoms with Crippen LogP contribution < -0.4 is 5.32 Å². The lowest BCUT2D eigenvalue weighted by atomic mass is 10.1. The van der Waals surface area contributed by atoms with Crippen LogP contribution in [-0.2, 0) is 0 Å². The molecule has 1 unspecified atom stereocenters. The molecule has 16 heavy (non-hydrogen) atoms. The van der Waals surface area contributed by atoms with E-state index >= 15 is 0 Å². The molecule has 0 aliphatic rings. The Labute approximate surface area is 98.2 Å². The summed E-state index contributed by atoms with van der Waals surface area (Å²) in [5.41, 5.74) is 0.817. The topological polar surface area (TPSA) is 52.5 Å². The first-order chi connectivity index (χ1) is 7.61. The summed E-state index contributed by atoms with van der Waals surface area (Å²) >= 11 is 0. The highest BCUT2D eigenvalue weighted by atomic mass is 16.3. The number of hydrogen-bond acceptors (Lipinski definition) is 3. The second kappa shape index (κ2) is 9.19. The van der Waals surface area contributed by atoms with Gasteiger partial charge >= 0.3 is 0 Å². The molecule has 0 heterocycles. The van der Waals surface area contributed by atoms with Crippen LogP contribution in [0.3, 0.4) is 0 Å². The van der Waals surface area contributed by atoms with Gasteiger partial charge in [0.25, 0.3) is 0 Å². The minimum atomic E-state index is -0.509. The van der Waals surface area contributed by atoms with Gasteiger partial charge in [-0.3, -0.25) is 0 Å². The molecule has 0 aromatic rings. The van der Waals surface area contributed by atoms with E-state index in [-0.39, 0.29) is 5.76 Å². The average Bonchev–Trinajstić information content (AvgIpc) is 2.30. The minimum Gasteiger partial charge on any atom is -0.508 e. The van der Waals surface area contributed by atoms with Gasteiger partial charge < -0.3 is 15.5 Å². The van der Waals surface area contributed by atoms with E-state index in [1.54, 1.807) is 6.08 Å². The van der Waals surface area contributed by atoms with Crippen LogP contribution >= 0.6 is 0 Å². The molecule has 3 N–H and O–H groups in total. The van der Waals surface area contributed by atoms with Crippen molar-refractivity contribution in [3.05, 3.63) is 36.1 Å². The normalized spacial score (nSPS) is 14.9. The van der Waals surface area contributed by atoms with Crippen molar-refractivity contribution in [2.45, 2.75) is 32.8 Å². The van der Waals surface area contributed by atoms with E-state index in [0.29, 0.717) is 6.54 Å². The highest BCUT2D eigenvalue weighted by Crippen LogP contribution is 2.02. The molecule has 0 radical (unpaired) electrons. The van der Waals surface area contributed by atoms with Crippen molar-refractivity contribution in [2.24, 2.45) is 0 Å². The van der Waals surface area contributed by atoms with E-state index in [4.69, 9.17) is 5.11 Å². The smallest absolute Gasteiger partial charge is 0.114 e. The SMILES string of the molecule is C=C/C(O)=C\C=C(/C)C(O)CNCCCC. The molecule has 0 aliphatic heterocycles. The van der Waals surface area contributed by atoms with Crippen molar-refractivity contribution >= 4 is 0 Å². The van der Waals surface area contributed by atoms with Crippen LogP contribution in [-0.4, -0.2) is 29.4 Å². The number of aliphatic hydroxyl groups is 2. The number of nitrogens with one attached hydrogen (secondary N) is 1. The molecule has 0 fully saturated rings. The third-order valence-corrected chi connectivity index (χ3v) is 2.30. The van der Waals surface area contributed by atoms with Gasteiger partial charge in [0.2, 0.25) is 0 Å². The molecule has 3 nitrogen and oxygen atoms in total. The molecule has 0 aliphatic carbocycles. The van der Waals surface area contributed by atoms with Crippen molar-refractivity contribution in [2.75, 3.05) is 13.1 Å². The van der Waals surface area contributed by atoms with Gasteiger partial charge in [-0.2, -0.15) is 0 Å². The summed E-state index contributed by atoms with van der Waals surface area (Å²) in [5.74, 6) is 0.102. The first-order valence-electron chi connectivity index (χ1n) is 5.70. The summed E-state index contributed by atoms with van der Waals surface area (Å²) in [6.45, 7) is 8.87. The standard InChI is InChI=1S/C13H23NO2/c1-4-6-9-14-10-13(16)11(3)7-8-12(15)5-2/h5,7-8,13-16H,2,4,6,9-10H2,1,3H3/b11-7+,12-8+. The molecule has 3 heteroatoms. The van der Waals surface area contributed by atoms with Crippen LogP contribution in [0.5, 0.6) is 0 Å². The van der Waals surface area contributed by atoms with Gasteiger partial charge in [-0.1, -0.05) is 26.0 Å². The second-order valence-electron chi connectivity index (χ2n) is 3.78. The van der Waals surface area contributed by atoms with Gasteiger partial charge in [0, 0.05) is 6.54 Å². The van der Waals surface area contributed by atoms with E-state index in [9.17, 15) is 5.11 Å². The van der Waals surface area contributed by atoms with Gasteiger partial charge in [-0.05, 0) is 37.6 Å². The summed E-state index contributed by atoms with van der Waals surface area (Å²) in [5, 5.41) is 22.0. The van der Waals surface area contributed by atoms with Crippen molar-refractivity contribution in [1.29, 1.82) is 0 Å². The summed E-state index contributed by atoms with van der Waals surface area (Å²) < 4.78 is 0. The van der Waals surface area contributed by atoms with Gasteiger partial charge in [0.15, 0.2) is 0 Å². The van der Waals surface area contributed by atoms with E-state index in [0.717, 1.165) is 25.0 Å². The number of unbranched alkanes of at least 4 members (excludes halogenated alkanes) is 1. The first kappa shape index (κ1) is 14.9. The predicted molar refractivity (Wildman–Crippen MR) is 68.5 cm³/mol. The number of rotatable bonds is 8. The fraction of sp³-hybridized carbons (Fsp3) is 0.538. The van der Waals surface area contributed by atoms with Gasteiger partial charge in [0.1, 0.15) is 5.76 Å². The number of aliphatic hydroxyl groups excluding tert-OH is 2. The monoisotopic (exact) mass is 225 g/mol. The largest absolute Gasteiger partial charge is 0.508 e. The average molecular weight is 225 g/mol.